The Morgan fingerprint density at radius 1 is 1.05 bits per heavy atom. The lowest BCUT2D eigenvalue weighted by molar-refractivity contribution is -0.140. The molecule has 1 N–H and O–H groups in total. The number of carbonyl (C=O) groups excluding carboxylic acids is 2. The highest BCUT2D eigenvalue weighted by atomic mass is 32.2. The van der Waals surface area contributed by atoms with Gasteiger partial charge in [0.2, 0.25) is 21.8 Å². The third-order valence-electron chi connectivity index (χ3n) is 7.16. The van der Waals surface area contributed by atoms with Crippen molar-refractivity contribution in [1.82, 2.24) is 10.2 Å². The highest BCUT2D eigenvalue weighted by molar-refractivity contribution is 7.92. The normalized spacial score (nSPS) is 15.0. The molecular weight excluding hydrogens is 502 g/mol. The monoisotopic (exact) mass is 543 g/mol. The van der Waals surface area contributed by atoms with E-state index in [1.165, 1.54) is 11.3 Å². The Hall–Kier alpha value is -3.07. The Kier molecular flexibility index (Phi) is 10.2. The predicted octanol–water partition coefficient (Wildman–Crippen LogP) is 4.33. The van der Waals surface area contributed by atoms with E-state index in [-0.39, 0.29) is 18.5 Å². The van der Waals surface area contributed by atoms with Gasteiger partial charge in [-0.15, -0.1) is 0 Å². The van der Waals surface area contributed by atoms with Crippen LogP contribution in [0.3, 0.4) is 0 Å². The van der Waals surface area contributed by atoms with Gasteiger partial charge in [-0.25, -0.2) is 8.42 Å². The molecule has 0 spiro atoms. The van der Waals surface area contributed by atoms with Gasteiger partial charge in [0.05, 0.1) is 19.1 Å². The number of hydrogen-bond acceptors (Lipinski definition) is 5. The second-order valence-electron chi connectivity index (χ2n) is 10.2. The zero-order valence-corrected chi connectivity index (χ0v) is 24.0. The van der Waals surface area contributed by atoms with Crippen LogP contribution in [0.1, 0.15) is 62.1 Å². The fourth-order valence-corrected chi connectivity index (χ4v) is 5.87. The molecule has 0 unspecified atom stereocenters. The van der Waals surface area contributed by atoms with E-state index in [2.05, 4.69) is 5.32 Å². The molecule has 0 heterocycles. The van der Waals surface area contributed by atoms with Crippen molar-refractivity contribution in [2.24, 2.45) is 0 Å². The van der Waals surface area contributed by atoms with Crippen LogP contribution in [0.5, 0.6) is 5.75 Å². The van der Waals surface area contributed by atoms with Gasteiger partial charge in [-0.1, -0.05) is 50.5 Å². The summed E-state index contributed by atoms with van der Waals surface area (Å²) in [5.74, 6) is 0.0589. The number of nitrogens with one attached hydrogen (secondary N) is 1. The fourth-order valence-electron chi connectivity index (χ4n) is 4.97. The Morgan fingerprint density at radius 2 is 1.71 bits per heavy atom. The van der Waals surface area contributed by atoms with E-state index < -0.39 is 28.5 Å². The topological polar surface area (TPSA) is 96.0 Å². The van der Waals surface area contributed by atoms with Crippen molar-refractivity contribution in [3.8, 4) is 5.75 Å². The zero-order chi connectivity index (χ0) is 27.9. The van der Waals surface area contributed by atoms with Crippen LogP contribution in [-0.4, -0.2) is 57.1 Å². The first-order chi connectivity index (χ1) is 18.0. The van der Waals surface area contributed by atoms with Gasteiger partial charge in [0.25, 0.3) is 0 Å². The molecule has 0 radical (unpaired) electrons. The van der Waals surface area contributed by atoms with Crippen LogP contribution in [0.2, 0.25) is 0 Å². The molecule has 1 atom stereocenters. The van der Waals surface area contributed by atoms with Gasteiger partial charge in [0.1, 0.15) is 18.3 Å². The van der Waals surface area contributed by atoms with Gasteiger partial charge in [-0.05, 0) is 68.0 Å². The molecule has 0 aromatic heterocycles. The molecule has 0 saturated heterocycles. The molecule has 38 heavy (non-hydrogen) atoms. The maximum absolute atomic E-state index is 13.9. The maximum Gasteiger partial charge on any atom is 0.244 e. The van der Waals surface area contributed by atoms with Crippen molar-refractivity contribution in [2.45, 2.75) is 77.9 Å². The van der Waals surface area contributed by atoms with Crippen LogP contribution < -0.4 is 14.4 Å². The number of ether oxygens (including phenoxy) is 1. The minimum absolute atomic E-state index is 0.103. The summed E-state index contributed by atoms with van der Waals surface area (Å²) in [4.78, 5) is 28.9. The van der Waals surface area contributed by atoms with Crippen LogP contribution in [-0.2, 0) is 26.2 Å². The lowest BCUT2D eigenvalue weighted by Crippen LogP contribution is -2.54. The molecule has 1 aliphatic rings. The summed E-state index contributed by atoms with van der Waals surface area (Å²) in [6.07, 6.45) is 6.70. The standard InChI is InChI=1S/C29H41N3O5S/c1-6-26(29(34)30-24-10-8-7-9-11-24)31(19-23-14-16-25(37-4)17-15-23)28(33)20-32(38(5,35)36)27-18-21(2)12-13-22(27)3/h12-18,24,26H,6-11,19-20H2,1-5H3,(H,30,34)/t26-/m1/s1. The minimum Gasteiger partial charge on any atom is -0.497 e. The average Bonchev–Trinajstić information content (AvgIpc) is 2.89. The van der Waals surface area contributed by atoms with Gasteiger partial charge >= 0.3 is 0 Å². The summed E-state index contributed by atoms with van der Waals surface area (Å²) in [5.41, 5.74) is 2.92. The molecule has 1 aliphatic carbocycles. The van der Waals surface area contributed by atoms with Crippen molar-refractivity contribution in [1.29, 1.82) is 0 Å². The number of aryl methyl sites for hydroxylation is 2. The van der Waals surface area contributed by atoms with Crippen LogP contribution >= 0.6 is 0 Å². The lowest BCUT2D eigenvalue weighted by Gasteiger charge is -2.34. The van der Waals surface area contributed by atoms with Crippen LogP contribution in [0.25, 0.3) is 0 Å². The van der Waals surface area contributed by atoms with Gasteiger partial charge in [-0.2, -0.15) is 0 Å². The summed E-state index contributed by atoms with van der Waals surface area (Å²) >= 11 is 0. The number of nitrogens with zero attached hydrogens (tertiary/aromatic N) is 2. The third-order valence-corrected chi connectivity index (χ3v) is 8.29. The van der Waals surface area contributed by atoms with E-state index in [1.54, 1.807) is 25.3 Å². The number of anilines is 1. The Balaban J connectivity index is 1.94. The smallest absolute Gasteiger partial charge is 0.244 e. The van der Waals surface area contributed by atoms with Crippen LogP contribution in [0.4, 0.5) is 5.69 Å². The largest absolute Gasteiger partial charge is 0.497 e. The summed E-state index contributed by atoms with van der Waals surface area (Å²) in [7, 11) is -2.19. The van der Waals surface area contributed by atoms with Gasteiger partial charge < -0.3 is 15.0 Å². The molecule has 8 nitrogen and oxygen atoms in total. The molecule has 0 aliphatic heterocycles. The highest BCUT2D eigenvalue weighted by Gasteiger charge is 2.33. The molecule has 2 amide bonds. The molecule has 1 saturated carbocycles. The van der Waals surface area contributed by atoms with E-state index in [4.69, 9.17) is 4.74 Å². The first kappa shape index (κ1) is 29.5. The maximum atomic E-state index is 13.9. The van der Waals surface area contributed by atoms with Crippen molar-refractivity contribution < 1.29 is 22.7 Å². The van der Waals surface area contributed by atoms with Crippen molar-refractivity contribution in [3.63, 3.8) is 0 Å². The SMILES string of the molecule is CC[C@H](C(=O)NC1CCCCC1)N(Cc1ccc(OC)cc1)C(=O)CN(c1cc(C)ccc1C)S(C)(=O)=O. The van der Waals surface area contributed by atoms with Gasteiger partial charge in [0.15, 0.2) is 0 Å². The number of hydrogen-bond donors (Lipinski definition) is 1. The van der Waals surface area contributed by atoms with Gasteiger partial charge in [0, 0.05) is 12.6 Å². The molecule has 208 valence electrons. The first-order valence-electron chi connectivity index (χ1n) is 13.3. The van der Waals surface area contributed by atoms with E-state index >= 15 is 0 Å². The molecular formula is C29H41N3O5S. The molecule has 0 bridgehead atoms. The highest BCUT2D eigenvalue weighted by Crippen LogP contribution is 2.25. The molecule has 1 fully saturated rings. The summed E-state index contributed by atoms with van der Waals surface area (Å²) in [6.45, 7) is 5.34. The second-order valence-corrected chi connectivity index (χ2v) is 12.1. The van der Waals surface area contributed by atoms with Crippen molar-refractivity contribution >= 4 is 27.5 Å². The van der Waals surface area contributed by atoms with Crippen LogP contribution in [0.15, 0.2) is 42.5 Å². The van der Waals surface area contributed by atoms with E-state index in [0.29, 0.717) is 17.9 Å². The number of amides is 2. The number of methoxy groups -OCH3 is 1. The molecule has 2 aromatic carbocycles. The molecule has 3 rings (SSSR count). The summed E-state index contributed by atoms with van der Waals surface area (Å²) in [6, 6.07) is 12.2. The Morgan fingerprint density at radius 3 is 2.29 bits per heavy atom. The predicted molar refractivity (Wildman–Crippen MR) is 151 cm³/mol. The average molecular weight is 544 g/mol. The van der Waals surface area contributed by atoms with E-state index in [0.717, 1.165) is 52.9 Å². The van der Waals surface area contributed by atoms with Crippen molar-refractivity contribution in [2.75, 3.05) is 24.2 Å². The zero-order valence-electron chi connectivity index (χ0n) is 23.2. The van der Waals surface area contributed by atoms with E-state index in [9.17, 15) is 18.0 Å². The molecule has 9 heteroatoms. The van der Waals surface area contributed by atoms with E-state index in [1.807, 2.05) is 45.0 Å². The van der Waals surface area contributed by atoms with Crippen molar-refractivity contribution in [3.05, 3.63) is 59.2 Å². The van der Waals surface area contributed by atoms with Crippen LogP contribution in [0, 0.1) is 13.8 Å². The number of sulfonamides is 1. The summed E-state index contributed by atoms with van der Waals surface area (Å²) in [5, 5.41) is 3.16. The number of rotatable bonds is 11. The lowest BCUT2D eigenvalue weighted by atomic mass is 9.95. The Labute approximate surface area is 227 Å². The summed E-state index contributed by atoms with van der Waals surface area (Å²) < 4.78 is 32.2. The molecule has 2 aromatic rings. The minimum atomic E-state index is -3.77. The Bertz CT molecular complexity index is 1210. The first-order valence-corrected chi connectivity index (χ1v) is 15.2. The fraction of sp³-hybridized carbons (Fsp3) is 0.517. The number of carbonyl (C=O) groups is 2. The number of benzene rings is 2. The van der Waals surface area contributed by atoms with Gasteiger partial charge in [-0.3, -0.25) is 13.9 Å². The second kappa shape index (κ2) is 13.1. The third kappa shape index (κ3) is 7.72. The quantitative estimate of drug-likeness (QED) is 0.455.